The smallest absolute Gasteiger partial charge is 0.245 e. The van der Waals surface area contributed by atoms with E-state index >= 15 is 0 Å². The van der Waals surface area contributed by atoms with Gasteiger partial charge in [0, 0.05) is 23.6 Å². The van der Waals surface area contributed by atoms with Crippen LogP contribution in [0.3, 0.4) is 0 Å². The number of nitrogens with two attached hydrogens (primary N) is 1. The molecule has 3 unspecified atom stereocenters. The molecule has 3 N–H and O–H groups in total. The van der Waals surface area contributed by atoms with Crippen LogP contribution in [-0.4, -0.2) is 30.8 Å². The molecule has 1 saturated heterocycles. The summed E-state index contributed by atoms with van der Waals surface area (Å²) in [4.78, 5) is 12.9. The standard InChI is InChI=1S/C18H25ClN2O3.ClH/c1-4-23-14-8-7-11(10-13(14)19)21-16(22)18(20)12-6-5-9-24-15(12)17(18,2)3;/h7-8,10,12,15H,4-6,9,20H2,1-3H3,(H,21,22);1H. The summed E-state index contributed by atoms with van der Waals surface area (Å²) in [5.74, 6) is 0.475. The zero-order valence-corrected chi connectivity index (χ0v) is 16.4. The van der Waals surface area contributed by atoms with E-state index in [1.54, 1.807) is 18.2 Å². The Morgan fingerprint density at radius 2 is 2.20 bits per heavy atom. The van der Waals surface area contributed by atoms with Crippen molar-refractivity contribution in [1.82, 2.24) is 0 Å². The largest absolute Gasteiger partial charge is 0.492 e. The van der Waals surface area contributed by atoms with Crippen LogP contribution in [-0.2, 0) is 9.53 Å². The molecule has 3 atom stereocenters. The Hall–Kier alpha value is -1.01. The molecule has 1 aromatic rings. The molecule has 1 aromatic carbocycles. The van der Waals surface area contributed by atoms with E-state index in [1.165, 1.54) is 0 Å². The number of hydrogen-bond donors (Lipinski definition) is 2. The van der Waals surface area contributed by atoms with Crippen LogP contribution >= 0.6 is 24.0 Å². The molecule has 0 aromatic heterocycles. The van der Waals surface area contributed by atoms with Crippen molar-refractivity contribution in [3.05, 3.63) is 23.2 Å². The molecule has 1 saturated carbocycles. The molecule has 1 heterocycles. The molecular weight excluding hydrogens is 363 g/mol. The summed E-state index contributed by atoms with van der Waals surface area (Å²) in [6.45, 7) is 7.19. The highest BCUT2D eigenvalue weighted by molar-refractivity contribution is 6.32. The fraction of sp³-hybridized carbons (Fsp3) is 0.611. The van der Waals surface area contributed by atoms with Crippen LogP contribution in [0.15, 0.2) is 18.2 Å². The summed E-state index contributed by atoms with van der Waals surface area (Å²) in [6.07, 6.45) is 1.91. The van der Waals surface area contributed by atoms with Gasteiger partial charge in [-0.25, -0.2) is 0 Å². The van der Waals surface area contributed by atoms with Crippen molar-refractivity contribution in [2.75, 3.05) is 18.5 Å². The Kier molecular flexibility index (Phi) is 5.94. The lowest BCUT2D eigenvalue weighted by molar-refractivity contribution is -0.222. The molecule has 0 spiro atoms. The number of fused-ring (bicyclic) bond motifs is 1. The number of rotatable bonds is 4. The Bertz CT molecular complexity index is 653. The van der Waals surface area contributed by atoms with Gasteiger partial charge in [-0.1, -0.05) is 25.4 Å². The van der Waals surface area contributed by atoms with Crippen LogP contribution in [0, 0.1) is 11.3 Å². The zero-order chi connectivity index (χ0) is 17.5. The maximum absolute atomic E-state index is 12.9. The maximum Gasteiger partial charge on any atom is 0.245 e. The van der Waals surface area contributed by atoms with Crippen molar-refractivity contribution >= 4 is 35.6 Å². The number of ether oxygens (including phenoxy) is 2. The molecule has 1 aliphatic carbocycles. The van der Waals surface area contributed by atoms with E-state index in [0.29, 0.717) is 23.1 Å². The summed E-state index contributed by atoms with van der Waals surface area (Å²) < 4.78 is 11.3. The van der Waals surface area contributed by atoms with Gasteiger partial charge in [-0.05, 0) is 38.0 Å². The Labute approximate surface area is 160 Å². The van der Waals surface area contributed by atoms with Gasteiger partial charge in [0.15, 0.2) is 0 Å². The van der Waals surface area contributed by atoms with Crippen LogP contribution in [0.5, 0.6) is 5.75 Å². The van der Waals surface area contributed by atoms with Gasteiger partial charge in [-0.2, -0.15) is 0 Å². The third kappa shape index (κ3) is 3.12. The van der Waals surface area contributed by atoms with E-state index in [-0.39, 0.29) is 30.3 Å². The fourth-order valence-corrected chi connectivity index (χ4v) is 4.36. The predicted molar refractivity (Wildman–Crippen MR) is 102 cm³/mol. The molecule has 0 bridgehead atoms. The van der Waals surface area contributed by atoms with Crippen molar-refractivity contribution in [3.63, 3.8) is 0 Å². The van der Waals surface area contributed by atoms with Gasteiger partial charge in [0.25, 0.3) is 0 Å². The number of nitrogens with one attached hydrogen (secondary N) is 1. The number of hydrogen-bond acceptors (Lipinski definition) is 4. The van der Waals surface area contributed by atoms with E-state index < -0.39 is 11.0 Å². The molecule has 1 amide bonds. The van der Waals surface area contributed by atoms with Crippen LogP contribution in [0.4, 0.5) is 5.69 Å². The van der Waals surface area contributed by atoms with Crippen molar-refractivity contribution in [2.24, 2.45) is 17.1 Å². The number of halogens is 2. The zero-order valence-electron chi connectivity index (χ0n) is 14.8. The van der Waals surface area contributed by atoms with Crippen LogP contribution in [0.2, 0.25) is 5.02 Å². The normalized spacial score (nSPS) is 29.6. The first-order chi connectivity index (χ1) is 11.3. The molecule has 7 heteroatoms. The summed E-state index contributed by atoms with van der Waals surface area (Å²) in [5, 5.41) is 3.39. The Balaban J connectivity index is 0.00000225. The monoisotopic (exact) mass is 388 g/mol. The second kappa shape index (κ2) is 7.31. The molecule has 2 fully saturated rings. The van der Waals surface area contributed by atoms with Gasteiger partial charge in [-0.15, -0.1) is 12.4 Å². The first-order valence-electron chi connectivity index (χ1n) is 8.46. The molecule has 5 nitrogen and oxygen atoms in total. The molecule has 140 valence electrons. The second-order valence-electron chi connectivity index (χ2n) is 7.16. The molecule has 2 aliphatic rings. The minimum atomic E-state index is -0.941. The molecule has 25 heavy (non-hydrogen) atoms. The van der Waals surface area contributed by atoms with Crippen LogP contribution < -0.4 is 15.8 Å². The number of benzene rings is 1. The summed E-state index contributed by atoms with van der Waals surface area (Å²) in [6, 6.07) is 5.22. The van der Waals surface area contributed by atoms with E-state index in [4.69, 9.17) is 26.8 Å². The summed E-state index contributed by atoms with van der Waals surface area (Å²) in [5.41, 5.74) is 5.87. The highest BCUT2D eigenvalue weighted by Crippen LogP contribution is 2.57. The van der Waals surface area contributed by atoms with E-state index in [9.17, 15) is 4.79 Å². The summed E-state index contributed by atoms with van der Waals surface area (Å²) >= 11 is 6.19. The lowest BCUT2D eigenvalue weighted by Crippen LogP contribution is -2.81. The highest BCUT2D eigenvalue weighted by atomic mass is 35.5. The first kappa shape index (κ1) is 20.3. The third-order valence-electron chi connectivity index (χ3n) is 5.55. The maximum atomic E-state index is 12.9. The topological polar surface area (TPSA) is 73.6 Å². The van der Waals surface area contributed by atoms with Gasteiger partial charge in [0.05, 0.1) is 17.7 Å². The minimum absolute atomic E-state index is 0. The van der Waals surface area contributed by atoms with Crippen LogP contribution in [0.1, 0.15) is 33.6 Å². The number of carbonyl (C=O) groups excluding carboxylic acids is 1. The molecule has 3 rings (SSSR count). The third-order valence-corrected chi connectivity index (χ3v) is 5.85. The van der Waals surface area contributed by atoms with Gasteiger partial charge in [0.1, 0.15) is 11.3 Å². The van der Waals surface area contributed by atoms with E-state index in [0.717, 1.165) is 19.4 Å². The lowest BCUT2D eigenvalue weighted by Gasteiger charge is -2.65. The Morgan fingerprint density at radius 1 is 1.48 bits per heavy atom. The van der Waals surface area contributed by atoms with E-state index in [2.05, 4.69) is 5.32 Å². The minimum Gasteiger partial charge on any atom is -0.492 e. The Morgan fingerprint density at radius 3 is 2.84 bits per heavy atom. The van der Waals surface area contributed by atoms with E-state index in [1.807, 2.05) is 20.8 Å². The van der Waals surface area contributed by atoms with Gasteiger partial charge < -0.3 is 20.5 Å². The number of carbonyl (C=O) groups is 1. The lowest BCUT2D eigenvalue weighted by atomic mass is 9.46. The number of anilines is 1. The summed E-state index contributed by atoms with van der Waals surface area (Å²) in [7, 11) is 0. The fourth-order valence-electron chi connectivity index (χ4n) is 4.12. The van der Waals surface area contributed by atoms with Crippen molar-refractivity contribution < 1.29 is 14.3 Å². The van der Waals surface area contributed by atoms with Crippen molar-refractivity contribution in [1.29, 1.82) is 0 Å². The van der Waals surface area contributed by atoms with Crippen LogP contribution in [0.25, 0.3) is 0 Å². The first-order valence-corrected chi connectivity index (χ1v) is 8.84. The molecular formula is C18H26Cl2N2O3. The average molecular weight is 389 g/mol. The highest BCUT2D eigenvalue weighted by Gasteiger charge is 2.70. The quantitative estimate of drug-likeness (QED) is 0.825. The molecule has 1 aliphatic heterocycles. The SMILES string of the molecule is CCOc1ccc(NC(=O)C2(N)C3CCCOC3C2(C)C)cc1Cl.Cl. The van der Waals surface area contributed by atoms with Crippen molar-refractivity contribution in [2.45, 2.75) is 45.3 Å². The van der Waals surface area contributed by atoms with Crippen molar-refractivity contribution in [3.8, 4) is 5.75 Å². The van der Waals surface area contributed by atoms with Gasteiger partial charge in [0.2, 0.25) is 5.91 Å². The average Bonchev–Trinajstić information content (AvgIpc) is 2.56. The molecule has 0 radical (unpaired) electrons. The van der Waals surface area contributed by atoms with Gasteiger partial charge in [-0.3, -0.25) is 4.79 Å². The number of amides is 1. The van der Waals surface area contributed by atoms with Gasteiger partial charge >= 0.3 is 0 Å². The predicted octanol–water partition coefficient (Wildman–Crippen LogP) is 3.63. The second-order valence-corrected chi connectivity index (χ2v) is 7.57.